The maximum absolute atomic E-state index is 3.09. The molecule has 21 heavy (non-hydrogen) atoms. The minimum absolute atomic E-state index is 0.0505. The number of hydrogen-bond donors (Lipinski definition) is 0. The van der Waals surface area contributed by atoms with E-state index in [1.807, 2.05) is 0 Å². The Labute approximate surface area is 132 Å². The van der Waals surface area contributed by atoms with Gasteiger partial charge in [0.15, 0.2) is 0 Å². The Morgan fingerprint density at radius 3 is 1.29 bits per heavy atom. The van der Waals surface area contributed by atoms with Crippen LogP contribution in [0.2, 0.25) is 0 Å². The molecule has 2 rings (SSSR count). The lowest BCUT2D eigenvalue weighted by Crippen LogP contribution is -2.19. The summed E-state index contributed by atoms with van der Waals surface area (Å²) < 4.78 is 0. The maximum atomic E-state index is 3.09. The van der Waals surface area contributed by atoms with Gasteiger partial charge in [0.25, 0.3) is 0 Å². The van der Waals surface area contributed by atoms with Gasteiger partial charge in [-0.3, -0.25) is 0 Å². The molecule has 0 amide bonds. The van der Waals surface area contributed by atoms with Crippen LogP contribution in [0.5, 0.6) is 0 Å². The summed E-state index contributed by atoms with van der Waals surface area (Å²) in [6.07, 6.45) is 0. The Hall–Kier alpha value is -1.13. The van der Waals surface area contributed by atoms with E-state index in [0.29, 0.717) is 0 Å². The Morgan fingerprint density at radius 1 is 0.619 bits per heavy atom. The fourth-order valence-corrected chi connectivity index (χ4v) is 3.81. The molecule has 0 nitrogen and oxygen atoms in total. The largest absolute Gasteiger partial charge is 0.122 e. The highest BCUT2D eigenvalue weighted by Gasteiger charge is 2.28. The van der Waals surface area contributed by atoms with E-state index < -0.39 is 0 Å². The zero-order valence-electron chi connectivity index (χ0n) is 14.4. The maximum Gasteiger partial charge on any atom is 0.0321 e. The van der Waals surface area contributed by atoms with Gasteiger partial charge in [-0.15, -0.1) is 9.24 Å². The van der Waals surface area contributed by atoms with Crippen LogP contribution < -0.4 is 0 Å². The predicted molar refractivity (Wildman–Crippen MR) is 97.5 cm³/mol. The molecule has 2 aromatic rings. The quantitative estimate of drug-likeness (QED) is 0.626. The molecule has 0 aliphatic carbocycles. The van der Waals surface area contributed by atoms with Crippen molar-refractivity contribution < 1.29 is 0 Å². The summed E-state index contributed by atoms with van der Waals surface area (Å²) in [5.74, 6) is 0. The summed E-state index contributed by atoms with van der Waals surface area (Å²) in [5, 5.41) is -0.0505. The van der Waals surface area contributed by atoms with Crippen molar-refractivity contribution in [1.29, 1.82) is 0 Å². The second-order valence-electron chi connectivity index (χ2n) is 6.56. The van der Waals surface area contributed by atoms with E-state index in [4.69, 9.17) is 0 Å². The van der Waals surface area contributed by atoms with Gasteiger partial charge in [-0.05, 0) is 93.0 Å². The lowest BCUT2D eigenvalue weighted by Gasteiger charge is -2.31. The normalized spacial score (nSPS) is 11.8. The number of hydrogen-bond acceptors (Lipinski definition) is 0. The van der Waals surface area contributed by atoms with Crippen molar-refractivity contribution in [2.24, 2.45) is 0 Å². The van der Waals surface area contributed by atoms with Gasteiger partial charge >= 0.3 is 0 Å². The molecule has 0 aliphatic rings. The minimum atomic E-state index is -0.0505. The van der Waals surface area contributed by atoms with Crippen molar-refractivity contribution in [1.82, 2.24) is 0 Å². The van der Waals surface area contributed by atoms with Crippen LogP contribution in [0.15, 0.2) is 24.3 Å². The highest BCUT2D eigenvalue weighted by molar-refractivity contribution is 7.18. The number of benzene rings is 2. The highest BCUT2D eigenvalue weighted by atomic mass is 31.0. The summed E-state index contributed by atoms with van der Waals surface area (Å²) in [7, 11) is 3.09. The van der Waals surface area contributed by atoms with Gasteiger partial charge < -0.3 is 0 Å². The van der Waals surface area contributed by atoms with Crippen LogP contribution in [0.4, 0.5) is 0 Å². The van der Waals surface area contributed by atoms with Gasteiger partial charge in [0, 0.05) is 5.16 Å². The van der Waals surface area contributed by atoms with E-state index in [0.717, 1.165) is 0 Å². The second-order valence-corrected chi connectivity index (χ2v) is 7.72. The Balaban J connectivity index is 2.68. The first kappa shape index (κ1) is 16.2. The van der Waals surface area contributed by atoms with E-state index in [1.165, 1.54) is 44.5 Å². The molecule has 0 fully saturated rings. The van der Waals surface area contributed by atoms with E-state index in [1.54, 1.807) is 0 Å². The van der Waals surface area contributed by atoms with Crippen LogP contribution in [0.1, 0.15) is 51.4 Å². The summed E-state index contributed by atoms with van der Waals surface area (Å²) in [4.78, 5) is 0. The van der Waals surface area contributed by atoms with E-state index >= 15 is 0 Å². The predicted octanol–water partition coefficient (Wildman–Crippen LogP) is 5.68. The molecular formula is C20H27P. The third kappa shape index (κ3) is 2.67. The molecule has 2 aromatic carbocycles. The van der Waals surface area contributed by atoms with Gasteiger partial charge in [-0.2, -0.15) is 0 Å². The molecular weight excluding hydrogens is 271 g/mol. The lowest BCUT2D eigenvalue weighted by molar-refractivity contribution is 0.814. The standard InChI is InChI=1S/C20H27P/c1-12-8-10-18(16(5)14(12)3)20(7,21)19-11-9-13(2)15(4)17(19)6/h8-11H,21H2,1-7H3. The summed E-state index contributed by atoms with van der Waals surface area (Å²) >= 11 is 0. The molecule has 0 saturated carbocycles. The van der Waals surface area contributed by atoms with Gasteiger partial charge in [-0.1, -0.05) is 24.3 Å². The molecule has 112 valence electrons. The molecule has 0 bridgehead atoms. The average Bonchev–Trinajstić information content (AvgIpc) is 2.41. The summed E-state index contributed by atoms with van der Waals surface area (Å²) in [6.45, 7) is 15.6. The fourth-order valence-electron chi connectivity index (χ4n) is 3.18. The molecule has 0 spiro atoms. The van der Waals surface area contributed by atoms with Crippen LogP contribution in [-0.2, 0) is 5.16 Å². The Kier molecular flexibility index (Phi) is 4.31. The Morgan fingerprint density at radius 2 is 0.952 bits per heavy atom. The van der Waals surface area contributed by atoms with Gasteiger partial charge in [0.1, 0.15) is 0 Å². The smallest absolute Gasteiger partial charge is 0.0321 e. The first-order valence-corrected chi connectivity index (χ1v) is 8.19. The van der Waals surface area contributed by atoms with E-state index in [9.17, 15) is 0 Å². The lowest BCUT2D eigenvalue weighted by atomic mass is 9.82. The average molecular weight is 298 g/mol. The van der Waals surface area contributed by atoms with Crippen molar-refractivity contribution in [3.05, 3.63) is 68.8 Å². The topological polar surface area (TPSA) is 0 Å². The van der Waals surface area contributed by atoms with Crippen LogP contribution in [0.3, 0.4) is 0 Å². The van der Waals surface area contributed by atoms with Crippen LogP contribution >= 0.6 is 9.24 Å². The minimum Gasteiger partial charge on any atom is -0.122 e. The third-order valence-electron chi connectivity index (χ3n) is 5.24. The van der Waals surface area contributed by atoms with Crippen molar-refractivity contribution in [2.75, 3.05) is 0 Å². The van der Waals surface area contributed by atoms with Gasteiger partial charge in [-0.25, -0.2) is 0 Å². The molecule has 0 aliphatic heterocycles. The highest BCUT2D eigenvalue weighted by Crippen LogP contribution is 2.43. The van der Waals surface area contributed by atoms with Crippen molar-refractivity contribution in [3.63, 3.8) is 0 Å². The van der Waals surface area contributed by atoms with Crippen molar-refractivity contribution in [3.8, 4) is 0 Å². The Bertz CT molecular complexity index is 634. The zero-order chi connectivity index (χ0) is 15.9. The first-order valence-electron chi connectivity index (χ1n) is 7.61. The van der Waals surface area contributed by atoms with Crippen molar-refractivity contribution >= 4 is 9.24 Å². The van der Waals surface area contributed by atoms with Crippen molar-refractivity contribution in [2.45, 2.75) is 53.6 Å². The number of aryl methyl sites for hydroxylation is 2. The zero-order valence-corrected chi connectivity index (χ0v) is 15.5. The molecule has 1 atom stereocenters. The SMILES string of the molecule is Cc1ccc(C(C)(P)c2ccc(C)c(C)c2C)c(C)c1C. The van der Waals surface area contributed by atoms with Crippen LogP contribution in [0.25, 0.3) is 0 Å². The van der Waals surface area contributed by atoms with Crippen LogP contribution in [-0.4, -0.2) is 0 Å². The fraction of sp³-hybridized carbons (Fsp3) is 0.400. The number of rotatable bonds is 2. The third-order valence-corrected chi connectivity index (χ3v) is 5.86. The van der Waals surface area contributed by atoms with Gasteiger partial charge in [0.2, 0.25) is 0 Å². The molecule has 0 radical (unpaired) electrons. The monoisotopic (exact) mass is 298 g/mol. The van der Waals surface area contributed by atoms with E-state index in [2.05, 4.69) is 82.0 Å². The molecule has 0 saturated heterocycles. The molecule has 1 unspecified atom stereocenters. The van der Waals surface area contributed by atoms with Crippen LogP contribution in [0, 0.1) is 41.5 Å². The summed E-state index contributed by atoms with van der Waals surface area (Å²) in [5.41, 5.74) is 11.2. The molecule has 0 aromatic heterocycles. The summed E-state index contributed by atoms with van der Waals surface area (Å²) in [6, 6.07) is 9.07. The van der Waals surface area contributed by atoms with Gasteiger partial charge in [0.05, 0.1) is 0 Å². The molecule has 0 N–H and O–H groups in total. The molecule has 0 heterocycles. The second kappa shape index (κ2) is 5.58. The molecule has 1 heteroatoms. The first-order chi connectivity index (χ1) is 9.67. The van der Waals surface area contributed by atoms with E-state index in [-0.39, 0.29) is 5.16 Å².